The van der Waals surface area contributed by atoms with Crippen LogP contribution in [-0.2, 0) is 4.79 Å². The van der Waals surface area contributed by atoms with E-state index in [0.29, 0.717) is 6.04 Å². The van der Waals surface area contributed by atoms with Crippen molar-refractivity contribution in [3.63, 3.8) is 0 Å². The SMILES string of the molecule is CN(C1CCC1)C(CN)C(=O)O. The predicted octanol–water partition coefficient (Wildman–Crippen LogP) is -0.117. The van der Waals surface area contributed by atoms with E-state index in [2.05, 4.69) is 0 Å². The van der Waals surface area contributed by atoms with Gasteiger partial charge in [-0.1, -0.05) is 6.42 Å². The van der Waals surface area contributed by atoms with Gasteiger partial charge in [0, 0.05) is 12.6 Å². The van der Waals surface area contributed by atoms with Gasteiger partial charge in [-0.05, 0) is 19.9 Å². The van der Waals surface area contributed by atoms with Gasteiger partial charge in [0.25, 0.3) is 0 Å². The molecule has 12 heavy (non-hydrogen) atoms. The molecule has 3 N–H and O–H groups in total. The van der Waals surface area contributed by atoms with E-state index in [1.807, 2.05) is 11.9 Å². The van der Waals surface area contributed by atoms with Crippen LogP contribution in [0.1, 0.15) is 19.3 Å². The van der Waals surface area contributed by atoms with E-state index < -0.39 is 12.0 Å². The number of carbonyl (C=O) groups is 1. The molecule has 1 atom stereocenters. The highest BCUT2D eigenvalue weighted by molar-refractivity contribution is 5.73. The first-order valence-corrected chi connectivity index (χ1v) is 4.31. The Labute approximate surface area is 72.3 Å². The smallest absolute Gasteiger partial charge is 0.322 e. The lowest BCUT2D eigenvalue weighted by atomic mass is 9.91. The Kier molecular flexibility index (Phi) is 3.05. The highest BCUT2D eigenvalue weighted by Gasteiger charge is 2.30. The molecule has 1 aliphatic rings. The maximum atomic E-state index is 10.7. The zero-order chi connectivity index (χ0) is 9.14. The minimum atomic E-state index is -0.813. The summed E-state index contributed by atoms with van der Waals surface area (Å²) in [5.74, 6) is -0.813. The van der Waals surface area contributed by atoms with Crippen LogP contribution in [0, 0.1) is 0 Å². The number of nitrogens with two attached hydrogens (primary N) is 1. The van der Waals surface area contributed by atoms with Crippen LogP contribution in [0.3, 0.4) is 0 Å². The average molecular weight is 172 g/mol. The summed E-state index contributed by atoms with van der Waals surface area (Å²) in [6.45, 7) is 0.197. The molecule has 0 bridgehead atoms. The molecule has 0 aromatic heterocycles. The summed E-state index contributed by atoms with van der Waals surface area (Å²) in [5, 5.41) is 8.79. The minimum absolute atomic E-state index is 0.197. The van der Waals surface area contributed by atoms with Crippen molar-refractivity contribution in [3.8, 4) is 0 Å². The zero-order valence-electron chi connectivity index (χ0n) is 7.36. The number of aliphatic carboxylic acids is 1. The Bertz CT molecular complexity index is 168. The van der Waals surface area contributed by atoms with Gasteiger partial charge in [0.1, 0.15) is 6.04 Å². The maximum Gasteiger partial charge on any atom is 0.322 e. The van der Waals surface area contributed by atoms with Crippen molar-refractivity contribution in [2.24, 2.45) is 5.73 Å². The molecule has 4 nitrogen and oxygen atoms in total. The van der Waals surface area contributed by atoms with E-state index in [9.17, 15) is 4.79 Å². The van der Waals surface area contributed by atoms with Crippen molar-refractivity contribution in [2.45, 2.75) is 31.3 Å². The first-order chi connectivity index (χ1) is 5.66. The van der Waals surface area contributed by atoms with Gasteiger partial charge in [-0.3, -0.25) is 9.69 Å². The summed E-state index contributed by atoms with van der Waals surface area (Å²) in [6, 6.07) is -0.0649. The van der Waals surface area contributed by atoms with Crippen LogP contribution >= 0.6 is 0 Å². The molecule has 0 saturated heterocycles. The molecule has 0 heterocycles. The lowest BCUT2D eigenvalue weighted by molar-refractivity contribution is -0.143. The number of rotatable bonds is 4. The van der Waals surface area contributed by atoms with E-state index >= 15 is 0 Å². The van der Waals surface area contributed by atoms with E-state index in [1.54, 1.807) is 0 Å². The molecule has 4 heteroatoms. The number of hydrogen-bond donors (Lipinski definition) is 2. The van der Waals surface area contributed by atoms with E-state index in [-0.39, 0.29) is 6.54 Å². The van der Waals surface area contributed by atoms with Gasteiger partial charge in [0.2, 0.25) is 0 Å². The molecule has 0 spiro atoms. The van der Waals surface area contributed by atoms with Crippen LogP contribution in [-0.4, -0.2) is 41.7 Å². The summed E-state index contributed by atoms with van der Waals surface area (Å²) in [5.41, 5.74) is 5.37. The third kappa shape index (κ3) is 1.76. The fourth-order valence-corrected chi connectivity index (χ4v) is 1.49. The average Bonchev–Trinajstić information content (AvgIpc) is 1.83. The van der Waals surface area contributed by atoms with Crippen molar-refractivity contribution < 1.29 is 9.90 Å². The summed E-state index contributed by atoms with van der Waals surface area (Å²) >= 11 is 0. The lowest BCUT2D eigenvalue weighted by Gasteiger charge is -2.37. The van der Waals surface area contributed by atoms with Gasteiger partial charge in [-0.2, -0.15) is 0 Å². The number of nitrogens with zero attached hydrogens (tertiary/aromatic N) is 1. The number of carboxylic acid groups (broad SMARTS) is 1. The predicted molar refractivity (Wildman–Crippen MR) is 45.9 cm³/mol. The summed E-state index contributed by atoms with van der Waals surface area (Å²) in [4.78, 5) is 12.6. The summed E-state index contributed by atoms with van der Waals surface area (Å²) < 4.78 is 0. The molecular weight excluding hydrogens is 156 g/mol. The summed E-state index contributed by atoms with van der Waals surface area (Å²) in [6.07, 6.45) is 3.44. The second-order valence-corrected chi connectivity index (χ2v) is 3.34. The first kappa shape index (κ1) is 9.48. The van der Waals surface area contributed by atoms with Gasteiger partial charge in [0.05, 0.1) is 0 Å². The fraction of sp³-hybridized carbons (Fsp3) is 0.875. The Morgan fingerprint density at radius 3 is 2.58 bits per heavy atom. The quantitative estimate of drug-likeness (QED) is 0.620. The molecule has 0 aromatic rings. The van der Waals surface area contributed by atoms with Gasteiger partial charge in [-0.25, -0.2) is 0 Å². The number of likely N-dealkylation sites (N-methyl/N-ethyl adjacent to an activating group) is 1. The number of carboxylic acids is 1. The topological polar surface area (TPSA) is 66.6 Å². The maximum absolute atomic E-state index is 10.7. The minimum Gasteiger partial charge on any atom is -0.480 e. The molecular formula is C8H16N2O2. The first-order valence-electron chi connectivity index (χ1n) is 4.31. The monoisotopic (exact) mass is 172 g/mol. The fourth-order valence-electron chi connectivity index (χ4n) is 1.49. The van der Waals surface area contributed by atoms with Crippen molar-refractivity contribution in [2.75, 3.05) is 13.6 Å². The third-order valence-electron chi connectivity index (χ3n) is 2.65. The van der Waals surface area contributed by atoms with Crippen molar-refractivity contribution in [3.05, 3.63) is 0 Å². The third-order valence-corrected chi connectivity index (χ3v) is 2.65. The Hall–Kier alpha value is -0.610. The van der Waals surface area contributed by atoms with Crippen LogP contribution in [0.15, 0.2) is 0 Å². The normalized spacial score (nSPS) is 20.6. The molecule has 1 saturated carbocycles. The Morgan fingerprint density at radius 1 is 1.75 bits per heavy atom. The molecule has 1 rings (SSSR count). The van der Waals surface area contributed by atoms with Crippen LogP contribution in [0.2, 0.25) is 0 Å². The molecule has 1 fully saturated rings. The Balaban J connectivity index is 2.46. The summed E-state index contributed by atoms with van der Waals surface area (Å²) in [7, 11) is 1.84. The van der Waals surface area contributed by atoms with Gasteiger partial charge >= 0.3 is 5.97 Å². The van der Waals surface area contributed by atoms with Crippen molar-refractivity contribution >= 4 is 5.97 Å². The van der Waals surface area contributed by atoms with Gasteiger partial charge < -0.3 is 10.8 Å². The zero-order valence-corrected chi connectivity index (χ0v) is 7.36. The molecule has 70 valence electrons. The van der Waals surface area contributed by atoms with E-state index in [4.69, 9.17) is 10.8 Å². The van der Waals surface area contributed by atoms with Gasteiger partial charge in [-0.15, -0.1) is 0 Å². The molecule has 1 unspecified atom stereocenters. The second-order valence-electron chi connectivity index (χ2n) is 3.34. The second kappa shape index (κ2) is 3.87. The molecule has 1 aliphatic carbocycles. The van der Waals surface area contributed by atoms with Crippen LogP contribution in [0.4, 0.5) is 0 Å². The molecule has 0 aliphatic heterocycles. The highest BCUT2D eigenvalue weighted by Crippen LogP contribution is 2.24. The number of hydrogen-bond acceptors (Lipinski definition) is 3. The van der Waals surface area contributed by atoms with E-state index in [1.165, 1.54) is 6.42 Å². The largest absolute Gasteiger partial charge is 0.480 e. The van der Waals surface area contributed by atoms with Crippen LogP contribution in [0.25, 0.3) is 0 Å². The molecule has 0 amide bonds. The van der Waals surface area contributed by atoms with Crippen LogP contribution in [0.5, 0.6) is 0 Å². The van der Waals surface area contributed by atoms with Crippen molar-refractivity contribution in [1.82, 2.24) is 4.90 Å². The van der Waals surface area contributed by atoms with E-state index in [0.717, 1.165) is 12.8 Å². The Morgan fingerprint density at radius 2 is 2.33 bits per heavy atom. The van der Waals surface area contributed by atoms with Gasteiger partial charge in [0.15, 0.2) is 0 Å². The van der Waals surface area contributed by atoms with Crippen molar-refractivity contribution in [1.29, 1.82) is 0 Å². The molecule has 0 radical (unpaired) electrons. The lowest BCUT2D eigenvalue weighted by Crippen LogP contribution is -2.51. The molecule has 0 aromatic carbocycles. The highest BCUT2D eigenvalue weighted by atomic mass is 16.4. The van der Waals surface area contributed by atoms with Crippen LogP contribution < -0.4 is 5.73 Å². The standard InChI is InChI=1S/C8H16N2O2/c1-10(6-3-2-4-6)7(5-9)8(11)12/h6-7H,2-5,9H2,1H3,(H,11,12).